The summed E-state index contributed by atoms with van der Waals surface area (Å²) in [6.07, 6.45) is 9.18. The van der Waals surface area contributed by atoms with Crippen molar-refractivity contribution >= 4 is 5.91 Å². The van der Waals surface area contributed by atoms with Gasteiger partial charge >= 0.3 is 0 Å². The average Bonchev–Trinajstić information content (AvgIpc) is 3.22. The third-order valence-corrected chi connectivity index (χ3v) is 4.77. The van der Waals surface area contributed by atoms with Gasteiger partial charge in [-0.05, 0) is 55.4 Å². The molecule has 24 heavy (non-hydrogen) atoms. The number of nitrogens with zero attached hydrogens (tertiary/aromatic N) is 2. The predicted molar refractivity (Wildman–Crippen MR) is 90.8 cm³/mol. The van der Waals surface area contributed by atoms with E-state index in [4.69, 9.17) is 0 Å². The number of halogens is 1. The van der Waals surface area contributed by atoms with Gasteiger partial charge in [0.2, 0.25) is 5.91 Å². The largest absolute Gasteiger partial charge is 0.353 e. The lowest BCUT2D eigenvalue weighted by Crippen LogP contribution is -2.38. The van der Waals surface area contributed by atoms with E-state index in [1.807, 2.05) is 29.1 Å². The molecule has 4 nitrogen and oxygen atoms in total. The summed E-state index contributed by atoms with van der Waals surface area (Å²) in [6.45, 7) is 0.768. The summed E-state index contributed by atoms with van der Waals surface area (Å²) in [4.78, 5) is 12.2. The van der Waals surface area contributed by atoms with Crippen molar-refractivity contribution in [2.45, 2.75) is 51.1 Å². The normalized spacial score (nSPS) is 20.2. The van der Waals surface area contributed by atoms with Crippen LogP contribution in [-0.2, 0) is 17.8 Å². The highest BCUT2D eigenvalue weighted by Gasteiger charge is 2.28. The third-order valence-electron chi connectivity index (χ3n) is 4.77. The fraction of sp³-hybridized carbons (Fsp3) is 0.474. The van der Waals surface area contributed by atoms with Crippen LogP contribution >= 0.6 is 0 Å². The smallest absolute Gasteiger partial charge is 0.220 e. The molecule has 2 aromatic rings. The van der Waals surface area contributed by atoms with Crippen LogP contribution in [0.5, 0.6) is 0 Å². The number of carbonyl (C=O) groups is 1. The van der Waals surface area contributed by atoms with Crippen molar-refractivity contribution in [3.8, 4) is 0 Å². The fourth-order valence-electron chi connectivity index (χ4n) is 3.51. The molecule has 3 rings (SSSR count). The lowest BCUT2D eigenvalue weighted by Gasteiger charge is -2.21. The van der Waals surface area contributed by atoms with Crippen LogP contribution in [0.25, 0.3) is 0 Å². The van der Waals surface area contributed by atoms with E-state index in [2.05, 4.69) is 10.4 Å². The van der Waals surface area contributed by atoms with Crippen molar-refractivity contribution in [3.63, 3.8) is 0 Å². The van der Waals surface area contributed by atoms with Gasteiger partial charge < -0.3 is 5.32 Å². The van der Waals surface area contributed by atoms with Crippen LogP contribution in [0.2, 0.25) is 0 Å². The highest BCUT2D eigenvalue weighted by Crippen LogP contribution is 2.29. The molecule has 1 aliphatic rings. The molecule has 1 saturated carbocycles. The Morgan fingerprint density at radius 3 is 2.88 bits per heavy atom. The Kier molecular flexibility index (Phi) is 5.62. The lowest BCUT2D eigenvalue weighted by molar-refractivity contribution is -0.122. The van der Waals surface area contributed by atoms with E-state index in [1.165, 1.54) is 12.1 Å². The second-order valence-electron chi connectivity index (χ2n) is 6.57. The van der Waals surface area contributed by atoms with Crippen LogP contribution < -0.4 is 5.32 Å². The molecule has 1 amide bonds. The maximum absolute atomic E-state index is 13.0. The first kappa shape index (κ1) is 16.7. The first-order valence-electron chi connectivity index (χ1n) is 8.72. The van der Waals surface area contributed by atoms with E-state index in [0.29, 0.717) is 12.3 Å². The number of nitrogens with one attached hydrogen (secondary N) is 1. The van der Waals surface area contributed by atoms with Gasteiger partial charge in [-0.25, -0.2) is 4.39 Å². The van der Waals surface area contributed by atoms with Gasteiger partial charge in [-0.3, -0.25) is 9.48 Å². The summed E-state index contributed by atoms with van der Waals surface area (Å²) >= 11 is 0. The summed E-state index contributed by atoms with van der Waals surface area (Å²) in [5.74, 6) is 0.371. The summed E-state index contributed by atoms with van der Waals surface area (Å²) in [5, 5.41) is 7.34. The summed E-state index contributed by atoms with van der Waals surface area (Å²) in [6, 6.07) is 8.83. The zero-order valence-corrected chi connectivity index (χ0v) is 13.8. The quantitative estimate of drug-likeness (QED) is 0.847. The maximum Gasteiger partial charge on any atom is 0.220 e. The van der Waals surface area contributed by atoms with E-state index >= 15 is 0 Å². The van der Waals surface area contributed by atoms with Crippen molar-refractivity contribution in [2.75, 3.05) is 0 Å². The molecule has 1 aromatic heterocycles. The Labute approximate surface area is 142 Å². The van der Waals surface area contributed by atoms with Crippen LogP contribution in [0.4, 0.5) is 4.39 Å². The summed E-state index contributed by atoms with van der Waals surface area (Å²) in [5.41, 5.74) is 1.14. The highest BCUT2D eigenvalue weighted by atomic mass is 19.1. The third kappa shape index (κ3) is 4.66. The number of amides is 1. The van der Waals surface area contributed by atoms with E-state index in [0.717, 1.165) is 44.2 Å². The van der Waals surface area contributed by atoms with Gasteiger partial charge in [-0.1, -0.05) is 18.6 Å². The van der Waals surface area contributed by atoms with Gasteiger partial charge in [-0.15, -0.1) is 0 Å². The zero-order chi connectivity index (χ0) is 16.8. The molecule has 0 saturated heterocycles. The first-order chi connectivity index (χ1) is 11.7. The number of rotatable bonds is 7. The summed E-state index contributed by atoms with van der Waals surface area (Å²) in [7, 11) is 0. The molecule has 0 bridgehead atoms. The molecule has 1 aliphatic carbocycles. The van der Waals surface area contributed by atoms with Crippen LogP contribution in [-0.4, -0.2) is 21.7 Å². The van der Waals surface area contributed by atoms with Crippen molar-refractivity contribution < 1.29 is 9.18 Å². The molecule has 0 radical (unpaired) electrons. The minimum Gasteiger partial charge on any atom is -0.353 e. The number of hydrogen-bond acceptors (Lipinski definition) is 2. The SMILES string of the molecule is O=C(CCCn1cccn1)N[C@H]1CCC[C@H]1Cc1ccc(F)cc1. The molecule has 1 heterocycles. The monoisotopic (exact) mass is 329 g/mol. The molecular formula is C19H24FN3O. The van der Waals surface area contributed by atoms with Crippen LogP contribution in [0.3, 0.4) is 0 Å². The standard InChI is InChI=1S/C19H24FN3O/c20-17-9-7-15(8-10-17)14-16-4-1-5-18(16)22-19(24)6-2-12-23-13-3-11-21-23/h3,7-11,13,16,18H,1-2,4-6,12,14H2,(H,22,24)/t16-,18-/m0/s1. The van der Waals surface area contributed by atoms with E-state index in [9.17, 15) is 9.18 Å². The molecule has 1 aromatic carbocycles. The Morgan fingerprint density at radius 1 is 1.29 bits per heavy atom. The second-order valence-corrected chi connectivity index (χ2v) is 6.57. The van der Waals surface area contributed by atoms with E-state index < -0.39 is 0 Å². The number of aryl methyl sites for hydroxylation is 1. The number of aromatic nitrogens is 2. The van der Waals surface area contributed by atoms with Crippen molar-refractivity contribution in [1.82, 2.24) is 15.1 Å². The van der Waals surface area contributed by atoms with Gasteiger partial charge in [0.25, 0.3) is 0 Å². The molecule has 128 valence electrons. The maximum atomic E-state index is 13.0. The van der Waals surface area contributed by atoms with Gasteiger partial charge in [0.1, 0.15) is 5.82 Å². The molecule has 2 atom stereocenters. The molecule has 0 spiro atoms. The number of carbonyl (C=O) groups excluding carboxylic acids is 1. The minimum absolute atomic E-state index is 0.123. The van der Waals surface area contributed by atoms with E-state index in [1.54, 1.807) is 6.20 Å². The zero-order valence-electron chi connectivity index (χ0n) is 13.8. The van der Waals surface area contributed by atoms with Crippen molar-refractivity contribution in [2.24, 2.45) is 5.92 Å². The minimum atomic E-state index is -0.202. The Balaban J connectivity index is 1.44. The van der Waals surface area contributed by atoms with Crippen LogP contribution in [0.15, 0.2) is 42.7 Å². The molecule has 1 N–H and O–H groups in total. The van der Waals surface area contributed by atoms with Crippen LogP contribution in [0.1, 0.15) is 37.7 Å². The van der Waals surface area contributed by atoms with Gasteiger partial charge in [0, 0.05) is 31.4 Å². The van der Waals surface area contributed by atoms with Gasteiger partial charge in [0.05, 0.1) is 0 Å². The average molecular weight is 329 g/mol. The van der Waals surface area contributed by atoms with Crippen LogP contribution in [0, 0.1) is 11.7 Å². The Hall–Kier alpha value is -2.17. The Morgan fingerprint density at radius 2 is 2.12 bits per heavy atom. The van der Waals surface area contributed by atoms with Gasteiger partial charge in [-0.2, -0.15) is 5.10 Å². The van der Waals surface area contributed by atoms with Gasteiger partial charge in [0.15, 0.2) is 0 Å². The fourth-order valence-corrected chi connectivity index (χ4v) is 3.51. The molecular weight excluding hydrogens is 305 g/mol. The molecule has 0 unspecified atom stereocenters. The topological polar surface area (TPSA) is 46.9 Å². The molecule has 0 aliphatic heterocycles. The van der Waals surface area contributed by atoms with Crippen molar-refractivity contribution in [3.05, 3.63) is 54.1 Å². The molecule has 1 fully saturated rings. The highest BCUT2D eigenvalue weighted by molar-refractivity contribution is 5.76. The second kappa shape index (κ2) is 8.08. The predicted octanol–water partition coefficient (Wildman–Crippen LogP) is 3.33. The molecule has 5 heteroatoms. The van der Waals surface area contributed by atoms with Crippen molar-refractivity contribution in [1.29, 1.82) is 0 Å². The first-order valence-corrected chi connectivity index (χ1v) is 8.72. The summed E-state index contributed by atoms with van der Waals surface area (Å²) < 4.78 is 14.9. The Bertz CT molecular complexity index is 639. The van der Waals surface area contributed by atoms with E-state index in [-0.39, 0.29) is 17.8 Å². The number of hydrogen-bond donors (Lipinski definition) is 1. The number of benzene rings is 1. The lowest BCUT2D eigenvalue weighted by atomic mass is 9.94.